The van der Waals surface area contributed by atoms with Gasteiger partial charge in [0, 0.05) is 12.8 Å². The van der Waals surface area contributed by atoms with Crippen LogP contribution in [0.5, 0.6) is 0 Å². The minimum atomic E-state index is -1.24. The molecule has 2 unspecified atom stereocenters. The summed E-state index contributed by atoms with van der Waals surface area (Å²) in [7, 11) is 0. The molecule has 0 aliphatic heterocycles. The van der Waals surface area contributed by atoms with Crippen molar-refractivity contribution in [1.29, 1.82) is 0 Å². The van der Waals surface area contributed by atoms with Crippen molar-refractivity contribution in [1.82, 2.24) is 0 Å². The van der Waals surface area contributed by atoms with Crippen molar-refractivity contribution in [3.63, 3.8) is 0 Å². The van der Waals surface area contributed by atoms with E-state index in [1.54, 1.807) is 13.8 Å². The predicted molar refractivity (Wildman–Crippen MR) is 77.4 cm³/mol. The van der Waals surface area contributed by atoms with Crippen LogP contribution in [0.25, 0.3) is 0 Å². The van der Waals surface area contributed by atoms with E-state index in [2.05, 4.69) is 0 Å². The number of aliphatic carboxylic acids is 2. The van der Waals surface area contributed by atoms with E-state index in [4.69, 9.17) is 0 Å². The minimum absolute atomic E-state index is 0. The smallest absolute Gasteiger partial charge is 0.549 e. The molecule has 2 atom stereocenters. The maximum atomic E-state index is 11.0. The van der Waals surface area contributed by atoms with Crippen molar-refractivity contribution in [2.75, 3.05) is 0 Å². The molecule has 0 radical (unpaired) electrons. The van der Waals surface area contributed by atoms with Crippen LogP contribution in [0.4, 0.5) is 0 Å². The van der Waals surface area contributed by atoms with E-state index < -0.39 is 23.8 Å². The van der Waals surface area contributed by atoms with Gasteiger partial charge in [0.15, 0.2) is 0 Å². The van der Waals surface area contributed by atoms with Gasteiger partial charge in [-0.15, -0.1) is 0 Å². The Bertz CT molecular complexity index is 345. The van der Waals surface area contributed by atoms with Gasteiger partial charge in [-0.25, -0.2) is 0 Å². The van der Waals surface area contributed by atoms with E-state index in [1.165, 1.54) is 0 Å². The van der Waals surface area contributed by atoms with Crippen LogP contribution in [0.3, 0.4) is 0 Å². The Hall–Kier alpha value is -1.10. The molecule has 128 valence electrons. The summed E-state index contributed by atoms with van der Waals surface area (Å²) in [5.74, 6) is -4.70. The van der Waals surface area contributed by atoms with E-state index >= 15 is 0 Å². The molecule has 0 heterocycles. The standard InChI is InChI=1S/2C8H14O3.Zn/c2*1-3-5-7(9)6(4-2)8(10)11;/h2*6H,3-5H2,1-2H3,(H,10,11);/q;;+2/p-2. The summed E-state index contributed by atoms with van der Waals surface area (Å²) in [5, 5.41) is 20.6. The van der Waals surface area contributed by atoms with Gasteiger partial charge in [0.2, 0.25) is 0 Å². The number of ketones is 2. The van der Waals surface area contributed by atoms with E-state index in [9.17, 15) is 29.4 Å². The third kappa shape index (κ3) is 12.0. The molecule has 0 saturated carbocycles. The Kier molecular flexibility index (Phi) is 18.4. The van der Waals surface area contributed by atoms with Crippen LogP contribution in [0, 0.1) is 11.8 Å². The molecule has 0 aromatic carbocycles. The monoisotopic (exact) mass is 378 g/mol. The zero-order valence-corrected chi connectivity index (χ0v) is 17.5. The number of carbonyl (C=O) groups excluding carboxylic acids is 4. The maximum Gasteiger partial charge on any atom is 2.00 e. The third-order valence-electron chi connectivity index (χ3n) is 3.16. The number of carboxylic acid groups (broad SMARTS) is 2. The third-order valence-corrected chi connectivity index (χ3v) is 3.16. The average molecular weight is 380 g/mol. The van der Waals surface area contributed by atoms with Crippen molar-refractivity contribution in [2.45, 2.75) is 66.2 Å². The van der Waals surface area contributed by atoms with Crippen molar-refractivity contribution in [3.8, 4) is 0 Å². The van der Waals surface area contributed by atoms with Gasteiger partial charge >= 0.3 is 19.5 Å². The van der Waals surface area contributed by atoms with E-state index in [0.717, 1.165) is 0 Å². The summed E-state index contributed by atoms with van der Waals surface area (Å²) in [5.41, 5.74) is 0. The van der Waals surface area contributed by atoms with Crippen molar-refractivity contribution < 1.29 is 48.9 Å². The Balaban J connectivity index is -0.000000333. The fourth-order valence-electron chi connectivity index (χ4n) is 1.89. The average Bonchev–Trinajstić information content (AvgIpc) is 2.40. The molecule has 0 spiro atoms. The number of hydrogen-bond acceptors (Lipinski definition) is 6. The Morgan fingerprint density at radius 1 is 0.696 bits per heavy atom. The first kappa shape index (κ1) is 26.8. The molecule has 0 aromatic heterocycles. The summed E-state index contributed by atoms with van der Waals surface area (Å²) in [6, 6.07) is 0. The van der Waals surface area contributed by atoms with Gasteiger partial charge in [-0.1, -0.05) is 27.7 Å². The maximum absolute atomic E-state index is 11.0. The first-order valence-electron chi connectivity index (χ1n) is 7.73. The Labute approximate surface area is 150 Å². The van der Waals surface area contributed by atoms with E-state index in [1.807, 2.05) is 13.8 Å². The molecule has 23 heavy (non-hydrogen) atoms. The molecule has 0 rings (SSSR count). The quantitative estimate of drug-likeness (QED) is 0.397. The number of carbonyl (C=O) groups is 4. The normalized spacial score (nSPS) is 12.0. The van der Waals surface area contributed by atoms with Crippen LogP contribution in [-0.4, -0.2) is 23.5 Å². The summed E-state index contributed by atoms with van der Waals surface area (Å²) < 4.78 is 0. The van der Waals surface area contributed by atoms with Crippen molar-refractivity contribution in [2.24, 2.45) is 11.8 Å². The number of Topliss-reactive ketones (excluding diaryl/α,β-unsaturated/α-hetero) is 2. The SMILES string of the molecule is CCCC(=O)C(CC)C(=O)[O-].CCCC(=O)C(CC)C(=O)[O-].[Zn+2]. The predicted octanol–water partition coefficient (Wildman–Crippen LogP) is 0.261. The van der Waals surface area contributed by atoms with Gasteiger partial charge in [-0.2, -0.15) is 0 Å². The molecule has 0 saturated heterocycles. The molecule has 0 bridgehead atoms. The molecule has 0 N–H and O–H groups in total. The second-order valence-electron chi connectivity index (χ2n) is 4.99. The van der Waals surface area contributed by atoms with Gasteiger partial charge in [0.25, 0.3) is 0 Å². The van der Waals surface area contributed by atoms with Gasteiger partial charge in [0.1, 0.15) is 11.6 Å². The summed E-state index contributed by atoms with van der Waals surface area (Å²) in [6.45, 7) is 7.04. The van der Waals surface area contributed by atoms with Gasteiger partial charge in [-0.3, -0.25) is 9.59 Å². The van der Waals surface area contributed by atoms with Crippen LogP contribution < -0.4 is 10.2 Å². The van der Waals surface area contributed by atoms with Crippen LogP contribution in [-0.2, 0) is 38.7 Å². The van der Waals surface area contributed by atoms with Gasteiger partial charge < -0.3 is 19.8 Å². The summed E-state index contributed by atoms with van der Waals surface area (Å²) in [4.78, 5) is 42.6. The molecule has 0 aromatic rings. The fourth-order valence-corrected chi connectivity index (χ4v) is 1.89. The van der Waals surface area contributed by atoms with E-state index in [0.29, 0.717) is 38.5 Å². The zero-order valence-electron chi connectivity index (χ0n) is 14.6. The Morgan fingerprint density at radius 2 is 0.957 bits per heavy atom. The Morgan fingerprint density at radius 3 is 1.09 bits per heavy atom. The topological polar surface area (TPSA) is 114 Å². The number of hydrogen-bond donors (Lipinski definition) is 0. The van der Waals surface area contributed by atoms with Crippen LogP contribution in [0.15, 0.2) is 0 Å². The molecule has 0 aliphatic rings. The zero-order chi connectivity index (χ0) is 17.7. The second-order valence-corrected chi connectivity index (χ2v) is 4.99. The number of carboxylic acids is 2. The molecule has 6 nitrogen and oxygen atoms in total. The molecular weight excluding hydrogens is 354 g/mol. The minimum Gasteiger partial charge on any atom is -0.549 e. The van der Waals surface area contributed by atoms with Gasteiger partial charge in [-0.05, 0) is 25.7 Å². The number of rotatable bonds is 10. The van der Waals surface area contributed by atoms with Crippen LogP contribution in [0.1, 0.15) is 66.2 Å². The fraction of sp³-hybridized carbons (Fsp3) is 0.750. The first-order valence-corrected chi connectivity index (χ1v) is 7.73. The van der Waals surface area contributed by atoms with Crippen LogP contribution >= 0.6 is 0 Å². The van der Waals surface area contributed by atoms with Crippen molar-refractivity contribution >= 4 is 23.5 Å². The molecule has 0 fully saturated rings. The first-order chi connectivity index (χ1) is 10.3. The largest absolute Gasteiger partial charge is 2.00 e. The molecular formula is C16H26O6Zn. The van der Waals surface area contributed by atoms with Crippen molar-refractivity contribution in [3.05, 3.63) is 0 Å². The molecule has 7 heteroatoms. The summed E-state index contributed by atoms with van der Waals surface area (Å²) >= 11 is 0. The van der Waals surface area contributed by atoms with Gasteiger partial charge in [0.05, 0.1) is 23.8 Å². The molecule has 0 aliphatic carbocycles. The summed E-state index contributed by atoms with van der Waals surface area (Å²) in [6.07, 6.45) is 2.74. The molecule has 0 amide bonds. The van der Waals surface area contributed by atoms with Crippen LogP contribution in [0.2, 0.25) is 0 Å². The second kappa shape index (κ2) is 15.8. The van der Waals surface area contributed by atoms with E-state index in [-0.39, 0.29) is 31.0 Å².